The van der Waals surface area contributed by atoms with Crippen LogP contribution in [0.25, 0.3) is 0 Å². The van der Waals surface area contributed by atoms with Crippen LogP contribution in [0.5, 0.6) is 0 Å². The van der Waals surface area contributed by atoms with E-state index in [4.69, 9.17) is 5.73 Å². The highest BCUT2D eigenvalue weighted by atomic mass is 16.6. The molecule has 0 unspecified atom stereocenters. The fourth-order valence-corrected chi connectivity index (χ4v) is 0.394. The van der Waals surface area contributed by atoms with Crippen molar-refractivity contribution in [3.63, 3.8) is 0 Å². The Morgan fingerprint density at radius 1 is 1.89 bits per heavy atom. The van der Waals surface area contributed by atoms with Crippen LogP contribution in [0.2, 0.25) is 0 Å². The number of carbonyl (C=O) groups excluding carboxylic acids is 1. The summed E-state index contributed by atoms with van der Waals surface area (Å²) in [6.45, 7) is 0. The van der Waals surface area contributed by atoms with Gasteiger partial charge >= 0.3 is 0 Å². The molecule has 1 aliphatic rings. The highest BCUT2D eigenvalue weighted by molar-refractivity contribution is 6.38. The van der Waals surface area contributed by atoms with Gasteiger partial charge in [0.25, 0.3) is 5.91 Å². The lowest BCUT2D eigenvalue weighted by Gasteiger charge is -1.96. The first-order chi connectivity index (χ1) is 4.30. The zero-order chi connectivity index (χ0) is 6.69. The van der Waals surface area contributed by atoms with Crippen LogP contribution in [-0.2, 0) is 9.63 Å². The molecule has 1 rings (SSSR count). The molecule has 0 aromatic rings. The topological polar surface area (TPSA) is 64.7 Å². The SMILES string of the molecule is NC(=O)C1=NOC#CC1. The van der Waals surface area contributed by atoms with Crippen molar-refractivity contribution in [2.24, 2.45) is 10.9 Å². The average molecular weight is 124 g/mol. The van der Waals surface area contributed by atoms with Gasteiger partial charge in [-0.3, -0.25) is 4.79 Å². The molecule has 0 spiro atoms. The fraction of sp³-hybridized carbons (Fsp3) is 0.200. The first-order valence-electron chi connectivity index (χ1n) is 2.31. The third-order valence-electron chi connectivity index (χ3n) is 0.814. The van der Waals surface area contributed by atoms with E-state index in [0.29, 0.717) is 0 Å². The van der Waals surface area contributed by atoms with E-state index in [1.54, 1.807) is 0 Å². The third-order valence-corrected chi connectivity index (χ3v) is 0.814. The van der Waals surface area contributed by atoms with Crippen molar-refractivity contribution in [1.82, 2.24) is 0 Å². The van der Waals surface area contributed by atoms with Gasteiger partial charge in [-0.05, 0) is 5.92 Å². The number of oxime groups is 1. The monoisotopic (exact) mass is 124 g/mol. The number of carbonyl (C=O) groups is 1. The van der Waals surface area contributed by atoms with Crippen LogP contribution >= 0.6 is 0 Å². The van der Waals surface area contributed by atoms with Gasteiger partial charge in [0.15, 0.2) is 5.71 Å². The number of primary amides is 1. The Bertz CT molecular complexity index is 221. The molecule has 4 heteroatoms. The summed E-state index contributed by atoms with van der Waals surface area (Å²) in [6.07, 6.45) is 2.51. The molecule has 9 heavy (non-hydrogen) atoms. The number of hydrogen-bond acceptors (Lipinski definition) is 3. The molecular weight excluding hydrogens is 120 g/mol. The summed E-state index contributed by atoms with van der Waals surface area (Å²) < 4.78 is 0. The van der Waals surface area contributed by atoms with Crippen LogP contribution in [0.3, 0.4) is 0 Å². The maximum absolute atomic E-state index is 10.3. The fourth-order valence-electron chi connectivity index (χ4n) is 0.394. The molecule has 46 valence electrons. The summed E-state index contributed by atoms with van der Waals surface area (Å²) in [5.74, 6) is 1.93. The molecule has 0 aromatic carbocycles. The molecule has 1 amide bonds. The number of hydrogen-bond donors (Lipinski definition) is 1. The first kappa shape index (κ1) is 5.63. The Morgan fingerprint density at radius 3 is 3.00 bits per heavy atom. The number of amides is 1. The predicted octanol–water partition coefficient (Wildman–Crippen LogP) is -0.791. The Kier molecular flexibility index (Phi) is 1.36. The molecule has 4 nitrogen and oxygen atoms in total. The Balaban J connectivity index is 2.66. The van der Waals surface area contributed by atoms with Crippen molar-refractivity contribution >= 4 is 11.6 Å². The van der Waals surface area contributed by atoms with E-state index in [1.807, 2.05) is 0 Å². The molecular formula is C5H4N2O2. The minimum absolute atomic E-state index is 0.175. The van der Waals surface area contributed by atoms with Crippen molar-refractivity contribution in [2.75, 3.05) is 0 Å². The Morgan fingerprint density at radius 2 is 2.67 bits per heavy atom. The molecule has 0 aliphatic carbocycles. The zero-order valence-corrected chi connectivity index (χ0v) is 4.55. The summed E-state index contributed by atoms with van der Waals surface area (Å²) in [4.78, 5) is 14.6. The van der Waals surface area contributed by atoms with E-state index in [1.165, 1.54) is 0 Å². The highest BCUT2D eigenvalue weighted by Crippen LogP contribution is 1.90. The average Bonchev–Trinajstić information content (AvgIpc) is 1.90. The molecule has 0 radical (unpaired) electrons. The smallest absolute Gasteiger partial charge is 0.267 e. The lowest BCUT2D eigenvalue weighted by Crippen LogP contribution is -2.23. The van der Waals surface area contributed by atoms with E-state index < -0.39 is 5.91 Å². The highest BCUT2D eigenvalue weighted by Gasteiger charge is 2.07. The minimum Gasteiger partial charge on any atom is -0.364 e. The van der Waals surface area contributed by atoms with Gasteiger partial charge < -0.3 is 10.6 Å². The first-order valence-corrected chi connectivity index (χ1v) is 2.31. The normalized spacial score (nSPS) is 14.4. The molecule has 0 atom stereocenters. The van der Waals surface area contributed by atoms with E-state index >= 15 is 0 Å². The van der Waals surface area contributed by atoms with Crippen LogP contribution in [0, 0.1) is 12.0 Å². The van der Waals surface area contributed by atoms with Crippen LogP contribution in [0.4, 0.5) is 0 Å². The van der Waals surface area contributed by atoms with E-state index in [9.17, 15) is 4.79 Å². The number of rotatable bonds is 1. The largest absolute Gasteiger partial charge is 0.364 e. The summed E-state index contributed by atoms with van der Waals surface area (Å²) in [6, 6.07) is 0. The molecule has 2 N–H and O–H groups in total. The van der Waals surface area contributed by atoms with Gasteiger partial charge in [0.05, 0.1) is 6.42 Å². The number of nitrogens with two attached hydrogens (primary N) is 1. The molecule has 0 saturated carbocycles. The zero-order valence-electron chi connectivity index (χ0n) is 4.55. The predicted molar refractivity (Wildman–Crippen MR) is 30.1 cm³/mol. The standard InChI is InChI=1S/C5H4N2O2/c6-5(8)4-2-1-3-9-7-4/h2H2,(H2,6,8). The molecule has 0 saturated heterocycles. The minimum atomic E-state index is -0.580. The van der Waals surface area contributed by atoms with Gasteiger partial charge in [0.2, 0.25) is 0 Å². The van der Waals surface area contributed by atoms with E-state index in [-0.39, 0.29) is 12.1 Å². The second kappa shape index (κ2) is 2.18. The van der Waals surface area contributed by atoms with Gasteiger partial charge in [0.1, 0.15) is 6.11 Å². The van der Waals surface area contributed by atoms with Gasteiger partial charge in [-0.15, -0.1) is 0 Å². The third kappa shape index (κ3) is 1.19. The molecule has 0 aromatic heterocycles. The summed E-state index contributed by atoms with van der Waals surface area (Å²) in [5, 5.41) is 3.30. The maximum atomic E-state index is 10.3. The van der Waals surface area contributed by atoms with Crippen molar-refractivity contribution in [3.05, 3.63) is 0 Å². The van der Waals surface area contributed by atoms with E-state index in [0.717, 1.165) is 0 Å². The van der Waals surface area contributed by atoms with Crippen LogP contribution in [-0.4, -0.2) is 11.6 Å². The summed E-state index contributed by atoms with van der Waals surface area (Å²) in [5.41, 5.74) is 5.02. The molecule has 0 fully saturated rings. The maximum Gasteiger partial charge on any atom is 0.267 e. The van der Waals surface area contributed by atoms with E-state index in [2.05, 4.69) is 22.0 Å². The summed E-state index contributed by atoms with van der Waals surface area (Å²) >= 11 is 0. The lowest BCUT2D eigenvalue weighted by atomic mass is 10.3. The van der Waals surface area contributed by atoms with Crippen molar-refractivity contribution in [3.8, 4) is 12.0 Å². The second-order valence-corrected chi connectivity index (χ2v) is 1.45. The van der Waals surface area contributed by atoms with Gasteiger partial charge in [-0.25, -0.2) is 0 Å². The van der Waals surface area contributed by atoms with Gasteiger partial charge in [0, 0.05) is 0 Å². The van der Waals surface area contributed by atoms with Crippen LogP contribution < -0.4 is 5.73 Å². The Labute approximate surface area is 51.7 Å². The number of nitrogens with zero attached hydrogens (tertiary/aromatic N) is 1. The molecule has 1 heterocycles. The van der Waals surface area contributed by atoms with Gasteiger partial charge in [-0.2, -0.15) is 0 Å². The lowest BCUT2D eigenvalue weighted by molar-refractivity contribution is -0.112. The van der Waals surface area contributed by atoms with Crippen molar-refractivity contribution < 1.29 is 9.63 Å². The van der Waals surface area contributed by atoms with Crippen LogP contribution in [0.1, 0.15) is 6.42 Å². The Hall–Kier alpha value is -1.50. The molecule has 1 aliphatic heterocycles. The summed E-state index contributed by atoms with van der Waals surface area (Å²) in [7, 11) is 0. The van der Waals surface area contributed by atoms with Crippen LogP contribution in [0.15, 0.2) is 5.16 Å². The second-order valence-electron chi connectivity index (χ2n) is 1.45. The van der Waals surface area contributed by atoms with Gasteiger partial charge in [-0.1, -0.05) is 5.16 Å². The molecule has 0 bridgehead atoms. The van der Waals surface area contributed by atoms with Crippen molar-refractivity contribution in [1.29, 1.82) is 0 Å². The van der Waals surface area contributed by atoms with Crippen molar-refractivity contribution in [2.45, 2.75) is 6.42 Å². The quantitative estimate of drug-likeness (QED) is 0.465.